The third kappa shape index (κ3) is 6.89. The van der Waals surface area contributed by atoms with E-state index in [0.29, 0.717) is 18.9 Å². The third-order valence-corrected chi connectivity index (χ3v) is 3.62. The second-order valence-corrected chi connectivity index (χ2v) is 5.13. The molecule has 0 fully saturated rings. The van der Waals surface area contributed by atoms with Crippen molar-refractivity contribution in [1.29, 1.82) is 0 Å². The van der Waals surface area contributed by atoms with Crippen LogP contribution in [0.15, 0.2) is 29.4 Å². The van der Waals surface area contributed by atoms with Crippen LogP contribution in [0, 0.1) is 0 Å². The summed E-state index contributed by atoms with van der Waals surface area (Å²) in [6, 6.07) is 7.00. The van der Waals surface area contributed by atoms with Crippen LogP contribution in [0.25, 0.3) is 10.4 Å². The minimum Gasteiger partial charge on any atom is -0.493 e. The molecule has 0 aliphatic carbocycles. The van der Waals surface area contributed by atoms with Gasteiger partial charge in [-0.3, -0.25) is 4.79 Å². The zero-order valence-corrected chi connectivity index (χ0v) is 12.6. The van der Waals surface area contributed by atoms with E-state index in [4.69, 9.17) is 16.0 Å². The number of thioether (sulfide) groups is 1. The highest BCUT2D eigenvalue weighted by atomic mass is 32.2. The first-order valence-electron chi connectivity index (χ1n) is 6.31. The molecule has 114 valence electrons. The number of nitrogens with zero attached hydrogens (tertiary/aromatic N) is 3. The average molecular weight is 310 g/mol. The van der Waals surface area contributed by atoms with Crippen LogP contribution in [-0.4, -0.2) is 38.0 Å². The van der Waals surface area contributed by atoms with Crippen LogP contribution in [0.4, 0.5) is 0 Å². The van der Waals surface area contributed by atoms with Gasteiger partial charge in [-0.05, 0) is 23.2 Å². The van der Waals surface area contributed by atoms with E-state index in [2.05, 4.69) is 14.8 Å². The molecule has 0 radical (unpaired) electrons. The fourth-order valence-corrected chi connectivity index (χ4v) is 2.42. The Hall–Kier alpha value is -1.89. The van der Waals surface area contributed by atoms with Crippen molar-refractivity contribution in [1.82, 2.24) is 0 Å². The molecule has 1 unspecified atom stereocenters. The summed E-state index contributed by atoms with van der Waals surface area (Å²) in [5.41, 5.74) is 14.9. The molecular formula is C13H18N4O3S. The van der Waals surface area contributed by atoms with Crippen molar-refractivity contribution in [2.24, 2.45) is 10.8 Å². The largest absolute Gasteiger partial charge is 0.493 e. The molecule has 21 heavy (non-hydrogen) atoms. The SMILES string of the molecule is COC(=O)C(N)CSCc1cccc(OCCN=[N+]=[N-])c1. The summed E-state index contributed by atoms with van der Waals surface area (Å²) >= 11 is 1.55. The topological polar surface area (TPSA) is 110 Å². The molecule has 0 amide bonds. The van der Waals surface area contributed by atoms with Crippen LogP contribution >= 0.6 is 11.8 Å². The van der Waals surface area contributed by atoms with Crippen molar-refractivity contribution in [2.45, 2.75) is 11.8 Å². The Bertz CT molecular complexity index is 506. The van der Waals surface area contributed by atoms with E-state index in [9.17, 15) is 4.79 Å². The Morgan fingerprint density at radius 1 is 1.57 bits per heavy atom. The lowest BCUT2D eigenvalue weighted by Gasteiger charge is -2.09. The summed E-state index contributed by atoms with van der Waals surface area (Å²) in [5.74, 6) is 1.53. The maximum atomic E-state index is 11.2. The van der Waals surface area contributed by atoms with Crippen LogP contribution in [0.1, 0.15) is 5.56 Å². The monoisotopic (exact) mass is 310 g/mol. The number of nitrogens with two attached hydrogens (primary N) is 1. The van der Waals surface area contributed by atoms with Crippen LogP contribution in [0.5, 0.6) is 5.75 Å². The van der Waals surface area contributed by atoms with Gasteiger partial charge in [0.2, 0.25) is 0 Å². The van der Waals surface area contributed by atoms with Gasteiger partial charge in [-0.15, -0.1) is 0 Å². The van der Waals surface area contributed by atoms with Crippen LogP contribution in [-0.2, 0) is 15.3 Å². The van der Waals surface area contributed by atoms with Crippen molar-refractivity contribution in [3.8, 4) is 5.75 Å². The minimum absolute atomic E-state index is 0.295. The smallest absolute Gasteiger partial charge is 0.323 e. The van der Waals surface area contributed by atoms with Crippen LogP contribution in [0.2, 0.25) is 0 Å². The first kappa shape index (κ1) is 17.2. The third-order valence-electron chi connectivity index (χ3n) is 2.49. The molecule has 0 aromatic heterocycles. The zero-order valence-electron chi connectivity index (χ0n) is 11.8. The average Bonchev–Trinajstić information content (AvgIpc) is 2.51. The number of ether oxygens (including phenoxy) is 2. The van der Waals surface area contributed by atoms with Crippen molar-refractivity contribution < 1.29 is 14.3 Å². The Balaban J connectivity index is 2.38. The Morgan fingerprint density at radius 3 is 3.10 bits per heavy atom. The molecule has 1 atom stereocenters. The summed E-state index contributed by atoms with van der Waals surface area (Å²) in [4.78, 5) is 13.8. The van der Waals surface area contributed by atoms with Crippen molar-refractivity contribution in [2.75, 3.05) is 26.0 Å². The molecule has 1 rings (SSSR count). The van der Waals surface area contributed by atoms with Gasteiger partial charge in [0.15, 0.2) is 0 Å². The number of carbonyl (C=O) groups excluding carboxylic acids is 1. The molecule has 1 aromatic carbocycles. The second-order valence-electron chi connectivity index (χ2n) is 4.10. The van der Waals surface area contributed by atoms with E-state index < -0.39 is 12.0 Å². The molecule has 0 aliphatic rings. The van der Waals surface area contributed by atoms with Crippen LogP contribution < -0.4 is 10.5 Å². The molecule has 7 nitrogen and oxygen atoms in total. The standard InChI is InChI=1S/C13H18N4O3S/c1-19-13(18)12(14)9-21-8-10-3-2-4-11(7-10)20-6-5-16-17-15/h2-4,7,12H,5-6,8-9,14H2,1H3. The maximum absolute atomic E-state index is 11.2. The number of rotatable bonds is 9. The van der Waals surface area contributed by atoms with Gasteiger partial charge in [0.1, 0.15) is 11.8 Å². The van der Waals surface area contributed by atoms with Gasteiger partial charge in [-0.1, -0.05) is 17.2 Å². The van der Waals surface area contributed by atoms with E-state index in [1.54, 1.807) is 11.8 Å². The zero-order chi connectivity index (χ0) is 15.5. The quantitative estimate of drug-likeness (QED) is 0.247. The van der Waals surface area contributed by atoms with Gasteiger partial charge < -0.3 is 15.2 Å². The fourth-order valence-electron chi connectivity index (χ4n) is 1.50. The van der Waals surface area contributed by atoms with Gasteiger partial charge in [-0.25, -0.2) is 0 Å². The minimum atomic E-state index is -0.608. The van der Waals surface area contributed by atoms with E-state index in [1.165, 1.54) is 7.11 Å². The van der Waals surface area contributed by atoms with Crippen molar-refractivity contribution in [3.63, 3.8) is 0 Å². The number of carbonyl (C=O) groups is 1. The number of benzene rings is 1. The summed E-state index contributed by atoms with van der Waals surface area (Å²) in [6.07, 6.45) is 0. The van der Waals surface area contributed by atoms with Gasteiger partial charge in [0, 0.05) is 16.4 Å². The summed E-state index contributed by atoms with van der Waals surface area (Å²) in [7, 11) is 1.32. The predicted molar refractivity (Wildman–Crippen MR) is 82.1 cm³/mol. The summed E-state index contributed by atoms with van der Waals surface area (Å²) < 4.78 is 10.0. The number of esters is 1. The molecule has 0 heterocycles. The highest BCUT2D eigenvalue weighted by Crippen LogP contribution is 2.18. The van der Waals surface area contributed by atoms with Crippen LogP contribution in [0.3, 0.4) is 0 Å². The molecule has 1 aromatic rings. The molecule has 0 aliphatic heterocycles. The highest BCUT2D eigenvalue weighted by molar-refractivity contribution is 7.98. The number of hydrogen-bond donors (Lipinski definition) is 1. The summed E-state index contributed by atoms with van der Waals surface area (Å²) in [5, 5.41) is 3.40. The molecule has 2 N–H and O–H groups in total. The van der Waals surface area contributed by atoms with Crippen molar-refractivity contribution in [3.05, 3.63) is 40.3 Å². The Kier molecular flexibility index (Phi) is 8.11. The first-order chi connectivity index (χ1) is 10.2. The Labute approximate surface area is 127 Å². The normalized spacial score (nSPS) is 11.3. The first-order valence-corrected chi connectivity index (χ1v) is 7.46. The molecular weight excluding hydrogens is 292 g/mol. The molecule has 0 saturated heterocycles. The highest BCUT2D eigenvalue weighted by Gasteiger charge is 2.13. The van der Waals surface area contributed by atoms with Gasteiger partial charge in [0.05, 0.1) is 20.3 Å². The maximum Gasteiger partial charge on any atom is 0.323 e. The van der Waals surface area contributed by atoms with Crippen molar-refractivity contribution >= 4 is 17.7 Å². The number of azide groups is 1. The second kappa shape index (κ2) is 9.93. The molecule has 0 bridgehead atoms. The van der Waals surface area contributed by atoms with E-state index in [1.807, 2.05) is 24.3 Å². The lowest BCUT2D eigenvalue weighted by Crippen LogP contribution is -2.33. The van der Waals surface area contributed by atoms with E-state index >= 15 is 0 Å². The van der Waals surface area contributed by atoms with Gasteiger partial charge in [0.25, 0.3) is 0 Å². The van der Waals surface area contributed by atoms with E-state index in [0.717, 1.165) is 17.1 Å². The van der Waals surface area contributed by atoms with Gasteiger partial charge in [-0.2, -0.15) is 11.8 Å². The molecule has 8 heteroatoms. The number of hydrogen-bond acceptors (Lipinski definition) is 6. The molecule has 0 saturated carbocycles. The molecule has 0 spiro atoms. The number of methoxy groups -OCH3 is 1. The fraction of sp³-hybridized carbons (Fsp3) is 0.462. The lowest BCUT2D eigenvalue weighted by molar-refractivity contribution is -0.141. The van der Waals surface area contributed by atoms with Gasteiger partial charge >= 0.3 is 5.97 Å². The Morgan fingerprint density at radius 2 is 2.38 bits per heavy atom. The summed E-state index contributed by atoms with van der Waals surface area (Å²) in [6.45, 7) is 0.636. The lowest BCUT2D eigenvalue weighted by atomic mass is 10.2. The predicted octanol–water partition coefficient (Wildman–Crippen LogP) is 2.11. The van der Waals surface area contributed by atoms with E-state index in [-0.39, 0.29) is 0 Å².